The van der Waals surface area contributed by atoms with Crippen LogP contribution in [-0.2, 0) is 6.18 Å². The number of hydrogen-bond acceptors (Lipinski definition) is 4. The molecule has 0 aliphatic heterocycles. The van der Waals surface area contributed by atoms with E-state index in [-0.39, 0.29) is 11.4 Å². The highest BCUT2D eigenvalue weighted by molar-refractivity contribution is 6.03. The number of amides is 1. The Kier molecular flexibility index (Phi) is 5.07. The minimum atomic E-state index is -4.43. The molecule has 1 heterocycles. The molecule has 0 aliphatic carbocycles. The number of rotatable bonds is 4. The maximum Gasteiger partial charge on any atom is 0.416 e. The molecular formula is C19H15F3N4O. The molecule has 0 aliphatic rings. The highest BCUT2D eigenvalue weighted by atomic mass is 19.4. The van der Waals surface area contributed by atoms with Crippen molar-refractivity contribution in [2.24, 2.45) is 0 Å². The van der Waals surface area contributed by atoms with Gasteiger partial charge in [0.2, 0.25) is 0 Å². The van der Waals surface area contributed by atoms with Crippen molar-refractivity contribution in [2.75, 3.05) is 10.6 Å². The maximum atomic E-state index is 12.6. The van der Waals surface area contributed by atoms with E-state index < -0.39 is 17.6 Å². The van der Waals surface area contributed by atoms with Crippen LogP contribution in [0, 0.1) is 6.92 Å². The van der Waals surface area contributed by atoms with Gasteiger partial charge in [0, 0.05) is 17.4 Å². The molecule has 3 aromatic rings. The number of carbonyl (C=O) groups excluding carboxylic acids is 1. The molecule has 0 unspecified atom stereocenters. The van der Waals surface area contributed by atoms with E-state index >= 15 is 0 Å². The monoisotopic (exact) mass is 372 g/mol. The smallest absolute Gasteiger partial charge is 0.340 e. The lowest BCUT2D eigenvalue weighted by molar-refractivity contribution is -0.137. The molecule has 0 radical (unpaired) electrons. The van der Waals surface area contributed by atoms with Gasteiger partial charge in [-0.2, -0.15) is 13.2 Å². The lowest BCUT2D eigenvalue weighted by Crippen LogP contribution is -2.14. The van der Waals surface area contributed by atoms with Crippen LogP contribution in [0.15, 0.2) is 60.9 Å². The summed E-state index contributed by atoms with van der Waals surface area (Å²) in [6.45, 7) is 1.93. The average Bonchev–Trinajstić information content (AvgIpc) is 2.63. The van der Waals surface area contributed by atoms with E-state index in [0.717, 1.165) is 23.4 Å². The minimum Gasteiger partial charge on any atom is -0.340 e. The van der Waals surface area contributed by atoms with E-state index in [1.807, 2.05) is 31.2 Å². The van der Waals surface area contributed by atoms with Gasteiger partial charge in [-0.15, -0.1) is 0 Å². The van der Waals surface area contributed by atoms with Crippen LogP contribution >= 0.6 is 0 Å². The molecule has 0 bridgehead atoms. The number of aryl methyl sites for hydroxylation is 1. The maximum absolute atomic E-state index is 12.6. The second-order valence-corrected chi connectivity index (χ2v) is 5.76. The summed E-state index contributed by atoms with van der Waals surface area (Å²) >= 11 is 0. The molecule has 0 atom stereocenters. The summed E-state index contributed by atoms with van der Waals surface area (Å²) in [7, 11) is 0. The van der Waals surface area contributed by atoms with Crippen molar-refractivity contribution in [1.29, 1.82) is 0 Å². The highest BCUT2D eigenvalue weighted by Crippen LogP contribution is 2.29. The third kappa shape index (κ3) is 4.60. The molecule has 5 nitrogen and oxygen atoms in total. The van der Waals surface area contributed by atoms with E-state index in [0.29, 0.717) is 5.82 Å². The number of halogens is 3. The number of benzene rings is 2. The van der Waals surface area contributed by atoms with Gasteiger partial charge in [-0.25, -0.2) is 9.97 Å². The van der Waals surface area contributed by atoms with Crippen molar-refractivity contribution in [3.63, 3.8) is 0 Å². The number of alkyl halides is 3. The van der Waals surface area contributed by atoms with E-state index in [4.69, 9.17) is 0 Å². The number of nitrogens with zero attached hydrogens (tertiary/aromatic N) is 2. The zero-order valence-electron chi connectivity index (χ0n) is 14.2. The molecule has 27 heavy (non-hydrogen) atoms. The summed E-state index contributed by atoms with van der Waals surface area (Å²) in [5.74, 6) is -0.123. The summed E-state index contributed by atoms with van der Waals surface area (Å²) in [6.07, 6.45) is -3.19. The van der Waals surface area contributed by atoms with Crippen molar-refractivity contribution >= 4 is 23.1 Å². The van der Waals surface area contributed by atoms with Crippen LogP contribution in [-0.4, -0.2) is 15.9 Å². The molecule has 1 amide bonds. The largest absolute Gasteiger partial charge is 0.416 e. The third-order valence-electron chi connectivity index (χ3n) is 3.78. The molecular weight excluding hydrogens is 357 g/mol. The van der Waals surface area contributed by atoms with Crippen LogP contribution in [0.4, 0.5) is 30.4 Å². The molecule has 0 fully saturated rings. The van der Waals surface area contributed by atoms with Gasteiger partial charge < -0.3 is 10.6 Å². The molecule has 138 valence electrons. The second kappa shape index (κ2) is 7.45. The lowest BCUT2D eigenvalue weighted by atomic mass is 10.2. The Morgan fingerprint density at radius 1 is 1.00 bits per heavy atom. The van der Waals surface area contributed by atoms with Crippen molar-refractivity contribution in [1.82, 2.24) is 9.97 Å². The van der Waals surface area contributed by atoms with Crippen LogP contribution in [0.5, 0.6) is 0 Å². The zero-order valence-corrected chi connectivity index (χ0v) is 14.2. The van der Waals surface area contributed by atoms with Crippen molar-refractivity contribution in [3.8, 4) is 0 Å². The van der Waals surface area contributed by atoms with Gasteiger partial charge in [0.15, 0.2) is 0 Å². The Balaban J connectivity index is 1.73. The fraction of sp³-hybridized carbons (Fsp3) is 0.105. The quantitative estimate of drug-likeness (QED) is 0.690. The van der Waals surface area contributed by atoms with Gasteiger partial charge in [-0.05, 0) is 42.8 Å². The topological polar surface area (TPSA) is 66.9 Å². The molecule has 3 rings (SSSR count). The summed E-state index contributed by atoms with van der Waals surface area (Å²) in [4.78, 5) is 20.3. The molecule has 1 aromatic heterocycles. The van der Waals surface area contributed by atoms with Crippen LogP contribution in [0.25, 0.3) is 0 Å². The van der Waals surface area contributed by atoms with Gasteiger partial charge in [0.05, 0.1) is 5.56 Å². The zero-order chi connectivity index (χ0) is 19.4. The minimum absolute atomic E-state index is 0.0842. The molecule has 8 heteroatoms. The Morgan fingerprint density at radius 2 is 1.70 bits per heavy atom. The van der Waals surface area contributed by atoms with Crippen LogP contribution in [0.3, 0.4) is 0 Å². The van der Waals surface area contributed by atoms with E-state index in [2.05, 4.69) is 20.6 Å². The summed E-state index contributed by atoms with van der Waals surface area (Å²) in [5.41, 5.74) is 1.38. The molecule has 2 aromatic carbocycles. The van der Waals surface area contributed by atoms with Gasteiger partial charge >= 0.3 is 6.18 Å². The van der Waals surface area contributed by atoms with Crippen molar-refractivity contribution in [3.05, 3.63) is 77.7 Å². The normalized spacial score (nSPS) is 11.1. The first-order chi connectivity index (χ1) is 12.8. The summed E-state index contributed by atoms with van der Waals surface area (Å²) in [6, 6.07) is 13.2. The number of anilines is 3. The fourth-order valence-electron chi connectivity index (χ4n) is 2.34. The van der Waals surface area contributed by atoms with Gasteiger partial charge in [0.25, 0.3) is 5.91 Å². The predicted molar refractivity (Wildman–Crippen MR) is 95.9 cm³/mol. The number of hydrogen-bond donors (Lipinski definition) is 2. The van der Waals surface area contributed by atoms with Crippen LogP contribution < -0.4 is 10.6 Å². The van der Waals surface area contributed by atoms with Gasteiger partial charge in [-0.1, -0.05) is 18.2 Å². The lowest BCUT2D eigenvalue weighted by Gasteiger charge is -2.10. The van der Waals surface area contributed by atoms with Gasteiger partial charge in [0.1, 0.15) is 17.8 Å². The average molecular weight is 372 g/mol. The summed E-state index contributed by atoms with van der Waals surface area (Å²) in [5, 5.41) is 5.61. The van der Waals surface area contributed by atoms with Crippen LogP contribution in [0.1, 0.15) is 21.6 Å². The predicted octanol–water partition coefficient (Wildman–Crippen LogP) is 4.80. The Hall–Kier alpha value is -3.42. The summed E-state index contributed by atoms with van der Waals surface area (Å²) < 4.78 is 37.8. The highest BCUT2D eigenvalue weighted by Gasteiger charge is 2.30. The van der Waals surface area contributed by atoms with E-state index in [9.17, 15) is 18.0 Å². The number of carbonyl (C=O) groups is 1. The van der Waals surface area contributed by atoms with Crippen molar-refractivity contribution < 1.29 is 18.0 Å². The first-order valence-corrected chi connectivity index (χ1v) is 7.96. The second-order valence-electron chi connectivity index (χ2n) is 5.76. The molecule has 0 saturated heterocycles. The Bertz CT molecular complexity index is 956. The molecule has 2 N–H and O–H groups in total. The Labute approximate surface area is 153 Å². The van der Waals surface area contributed by atoms with Gasteiger partial charge in [-0.3, -0.25) is 4.79 Å². The van der Waals surface area contributed by atoms with E-state index in [1.165, 1.54) is 24.5 Å². The number of para-hydroxylation sites is 1. The van der Waals surface area contributed by atoms with Crippen LogP contribution in [0.2, 0.25) is 0 Å². The third-order valence-corrected chi connectivity index (χ3v) is 3.78. The first kappa shape index (κ1) is 18.4. The SMILES string of the molecule is Cc1ccccc1Nc1cc(C(=O)Nc2ccc(C(F)(F)F)cc2)ncn1. The fourth-order valence-corrected chi connectivity index (χ4v) is 2.34. The standard InChI is InChI=1S/C19H15F3N4O/c1-12-4-2-3-5-15(12)26-17-10-16(23-11-24-17)18(27)25-14-8-6-13(7-9-14)19(20,21)22/h2-11H,1H3,(H,25,27)(H,23,24,26). The Morgan fingerprint density at radius 3 is 2.37 bits per heavy atom. The first-order valence-electron chi connectivity index (χ1n) is 7.96. The number of nitrogens with one attached hydrogen (secondary N) is 2. The van der Waals surface area contributed by atoms with E-state index in [1.54, 1.807) is 0 Å². The molecule has 0 saturated carbocycles. The van der Waals surface area contributed by atoms with Crippen molar-refractivity contribution in [2.45, 2.75) is 13.1 Å². The molecule has 0 spiro atoms. The number of aromatic nitrogens is 2.